The largest absolute Gasteiger partial charge is 0.385 e. The molecule has 3 heterocycles. The van der Waals surface area contributed by atoms with Crippen LogP contribution in [0.25, 0.3) is 0 Å². The highest BCUT2D eigenvalue weighted by atomic mass is 16.5. The minimum atomic E-state index is 0.294. The third-order valence-electron chi connectivity index (χ3n) is 5.07. The Morgan fingerprint density at radius 1 is 1.38 bits per heavy atom. The number of piperidine rings is 2. The summed E-state index contributed by atoms with van der Waals surface area (Å²) < 4.78 is 5.13. The third-order valence-corrected chi connectivity index (χ3v) is 5.07. The molecule has 1 aromatic rings. The van der Waals surface area contributed by atoms with E-state index in [2.05, 4.69) is 19.8 Å². The summed E-state index contributed by atoms with van der Waals surface area (Å²) in [6.45, 7) is 5.25. The van der Waals surface area contributed by atoms with Crippen LogP contribution < -0.4 is 10.6 Å². The first-order valence-corrected chi connectivity index (χ1v) is 8.73. The molecule has 2 fully saturated rings. The molecule has 2 aliphatic rings. The average Bonchev–Trinajstić information content (AvgIpc) is 2.55. The number of carbonyl (C=O) groups is 1. The first kappa shape index (κ1) is 17.0. The van der Waals surface area contributed by atoms with Crippen molar-refractivity contribution in [3.05, 3.63) is 11.8 Å². The van der Waals surface area contributed by atoms with Crippen molar-refractivity contribution in [2.45, 2.75) is 38.6 Å². The molecule has 7 heteroatoms. The minimum Gasteiger partial charge on any atom is -0.385 e. The summed E-state index contributed by atoms with van der Waals surface area (Å²) in [5, 5.41) is 0. The number of ether oxygens (including phenoxy) is 1. The number of methoxy groups -OCH3 is 1. The molecule has 0 bridgehead atoms. The number of aromatic nitrogens is 2. The van der Waals surface area contributed by atoms with Gasteiger partial charge in [0, 0.05) is 57.6 Å². The van der Waals surface area contributed by atoms with Crippen LogP contribution in [0.3, 0.4) is 0 Å². The number of nitrogens with zero attached hydrogens (tertiary/aromatic N) is 4. The second kappa shape index (κ2) is 7.34. The molecule has 0 aliphatic carbocycles. The van der Waals surface area contributed by atoms with Gasteiger partial charge in [-0.3, -0.25) is 4.79 Å². The number of likely N-dealkylation sites (tertiary alicyclic amines) is 1. The number of fused-ring (bicyclic) bond motifs is 1. The number of nitrogens with two attached hydrogens (primary N) is 1. The molecule has 2 atom stereocenters. The fourth-order valence-corrected chi connectivity index (χ4v) is 3.97. The summed E-state index contributed by atoms with van der Waals surface area (Å²) in [6.07, 6.45) is 3.48. The topological polar surface area (TPSA) is 84.6 Å². The molecule has 3 rings (SSSR count). The van der Waals surface area contributed by atoms with Crippen molar-refractivity contribution >= 4 is 17.7 Å². The smallest absolute Gasteiger partial charge is 0.222 e. The standard InChI is InChI=1S/C17H27N5O2/c1-12-10-15(20-17(18)19-12)21-8-6-14-13(11-21)4-5-16(23)22(14)7-3-9-24-2/h10,13-14H,3-9,11H2,1-2H3,(H2,18,19,20)/t13-,14+/m0/s1. The summed E-state index contributed by atoms with van der Waals surface area (Å²) in [6, 6.07) is 2.33. The van der Waals surface area contributed by atoms with Gasteiger partial charge in [-0.25, -0.2) is 4.98 Å². The Morgan fingerprint density at radius 2 is 2.21 bits per heavy atom. The van der Waals surface area contributed by atoms with E-state index in [0.717, 1.165) is 50.4 Å². The summed E-state index contributed by atoms with van der Waals surface area (Å²) in [5.74, 6) is 2.02. The van der Waals surface area contributed by atoms with Crippen molar-refractivity contribution < 1.29 is 9.53 Å². The molecule has 2 aliphatic heterocycles. The Hall–Kier alpha value is -1.89. The lowest BCUT2D eigenvalue weighted by molar-refractivity contribution is -0.139. The molecular weight excluding hydrogens is 306 g/mol. The molecule has 24 heavy (non-hydrogen) atoms. The molecule has 7 nitrogen and oxygen atoms in total. The van der Waals surface area contributed by atoms with Crippen LogP contribution in [0.1, 0.15) is 31.4 Å². The van der Waals surface area contributed by atoms with E-state index in [0.29, 0.717) is 36.8 Å². The van der Waals surface area contributed by atoms with E-state index in [1.165, 1.54) is 0 Å². The highest BCUT2D eigenvalue weighted by Crippen LogP contribution is 2.33. The van der Waals surface area contributed by atoms with Crippen LogP contribution >= 0.6 is 0 Å². The van der Waals surface area contributed by atoms with Gasteiger partial charge >= 0.3 is 0 Å². The van der Waals surface area contributed by atoms with Gasteiger partial charge in [-0.1, -0.05) is 0 Å². The molecule has 2 saturated heterocycles. The van der Waals surface area contributed by atoms with E-state index < -0.39 is 0 Å². The van der Waals surface area contributed by atoms with E-state index in [4.69, 9.17) is 10.5 Å². The molecule has 132 valence electrons. The number of hydrogen-bond donors (Lipinski definition) is 1. The predicted octanol–water partition coefficient (Wildman–Crippen LogP) is 1.22. The Labute approximate surface area is 143 Å². The highest BCUT2D eigenvalue weighted by molar-refractivity contribution is 5.77. The Kier molecular flexibility index (Phi) is 5.18. The number of rotatable bonds is 5. The summed E-state index contributed by atoms with van der Waals surface area (Å²) in [7, 11) is 1.70. The molecule has 1 amide bonds. The van der Waals surface area contributed by atoms with Gasteiger partial charge in [0.15, 0.2) is 0 Å². The van der Waals surface area contributed by atoms with Gasteiger partial charge in [-0.15, -0.1) is 0 Å². The van der Waals surface area contributed by atoms with Gasteiger partial charge in [-0.2, -0.15) is 4.98 Å². The monoisotopic (exact) mass is 333 g/mol. The Morgan fingerprint density at radius 3 is 2.96 bits per heavy atom. The van der Waals surface area contributed by atoms with Crippen LogP contribution in [-0.4, -0.2) is 60.2 Å². The second-order valence-corrected chi connectivity index (χ2v) is 6.76. The number of anilines is 2. The lowest BCUT2D eigenvalue weighted by Crippen LogP contribution is -2.56. The van der Waals surface area contributed by atoms with E-state index in [1.54, 1.807) is 7.11 Å². The number of carbonyl (C=O) groups excluding carboxylic acids is 1. The first-order chi connectivity index (χ1) is 11.6. The van der Waals surface area contributed by atoms with Gasteiger partial charge in [0.25, 0.3) is 0 Å². The third kappa shape index (κ3) is 3.61. The van der Waals surface area contributed by atoms with E-state index in [9.17, 15) is 4.79 Å². The Balaban J connectivity index is 1.68. The highest BCUT2D eigenvalue weighted by Gasteiger charge is 2.39. The predicted molar refractivity (Wildman–Crippen MR) is 92.7 cm³/mol. The maximum Gasteiger partial charge on any atom is 0.222 e. The fraction of sp³-hybridized carbons (Fsp3) is 0.706. The molecular formula is C17H27N5O2. The van der Waals surface area contributed by atoms with E-state index in [1.807, 2.05) is 13.0 Å². The number of amides is 1. The van der Waals surface area contributed by atoms with Crippen molar-refractivity contribution in [1.29, 1.82) is 0 Å². The minimum absolute atomic E-state index is 0.294. The molecule has 0 radical (unpaired) electrons. The van der Waals surface area contributed by atoms with Gasteiger partial charge in [-0.05, 0) is 32.1 Å². The quantitative estimate of drug-likeness (QED) is 0.816. The van der Waals surface area contributed by atoms with Crippen molar-refractivity contribution in [1.82, 2.24) is 14.9 Å². The summed E-state index contributed by atoms with van der Waals surface area (Å²) in [5.41, 5.74) is 6.68. The van der Waals surface area contributed by atoms with Crippen molar-refractivity contribution in [2.75, 3.05) is 44.0 Å². The zero-order valence-electron chi connectivity index (χ0n) is 14.6. The molecule has 0 unspecified atom stereocenters. The lowest BCUT2D eigenvalue weighted by Gasteiger charge is -2.47. The molecule has 1 aromatic heterocycles. The van der Waals surface area contributed by atoms with Crippen molar-refractivity contribution in [2.24, 2.45) is 5.92 Å². The first-order valence-electron chi connectivity index (χ1n) is 8.73. The van der Waals surface area contributed by atoms with Gasteiger partial charge in [0.1, 0.15) is 5.82 Å². The molecule has 0 saturated carbocycles. The molecule has 2 N–H and O–H groups in total. The van der Waals surface area contributed by atoms with Gasteiger partial charge < -0.3 is 20.3 Å². The maximum absolute atomic E-state index is 12.3. The Bertz CT molecular complexity index is 574. The van der Waals surface area contributed by atoms with Crippen LogP contribution in [0.15, 0.2) is 6.07 Å². The SMILES string of the molecule is COCCCN1C(=O)CC[C@H]2CN(c3cc(C)nc(N)n3)CC[C@H]21. The van der Waals surface area contributed by atoms with Crippen molar-refractivity contribution in [3.8, 4) is 0 Å². The van der Waals surface area contributed by atoms with Crippen LogP contribution in [0.2, 0.25) is 0 Å². The average molecular weight is 333 g/mol. The van der Waals surface area contributed by atoms with Crippen LogP contribution in [-0.2, 0) is 9.53 Å². The van der Waals surface area contributed by atoms with E-state index >= 15 is 0 Å². The van der Waals surface area contributed by atoms with Crippen LogP contribution in [0, 0.1) is 12.8 Å². The lowest BCUT2D eigenvalue weighted by atomic mass is 9.83. The van der Waals surface area contributed by atoms with Crippen LogP contribution in [0.4, 0.5) is 11.8 Å². The number of hydrogen-bond acceptors (Lipinski definition) is 6. The molecule has 0 spiro atoms. The maximum atomic E-state index is 12.3. The van der Waals surface area contributed by atoms with Gasteiger partial charge in [0.2, 0.25) is 11.9 Å². The van der Waals surface area contributed by atoms with Crippen LogP contribution in [0.5, 0.6) is 0 Å². The van der Waals surface area contributed by atoms with E-state index in [-0.39, 0.29) is 0 Å². The fourth-order valence-electron chi connectivity index (χ4n) is 3.97. The zero-order valence-corrected chi connectivity index (χ0v) is 14.6. The molecule has 0 aromatic carbocycles. The zero-order chi connectivity index (χ0) is 17.1. The number of aryl methyl sites for hydroxylation is 1. The summed E-state index contributed by atoms with van der Waals surface area (Å²) in [4.78, 5) is 25.2. The second-order valence-electron chi connectivity index (χ2n) is 6.76. The number of nitrogen functional groups attached to an aromatic ring is 1. The van der Waals surface area contributed by atoms with Crippen molar-refractivity contribution in [3.63, 3.8) is 0 Å². The van der Waals surface area contributed by atoms with Gasteiger partial charge in [0.05, 0.1) is 0 Å². The normalized spacial score (nSPS) is 24.2. The summed E-state index contributed by atoms with van der Waals surface area (Å²) >= 11 is 0.